The fourth-order valence-corrected chi connectivity index (χ4v) is 3.99. The molecule has 0 bridgehead atoms. The van der Waals surface area contributed by atoms with E-state index in [1.165, 1.54) is 6.07 Å². The molecule has 1 fully saturated rings. The molecule has 2 atom stereocenters. The van der Waals surface area contributed by atoms with E-state index in [1.807, 2.05) is 0 Å². The van der Waals surface area contributed by atoms with Gasteiger partial charge < -0.3 is 5.11 Å². The largest absolute Gasteiger partial charge is 0.417 e. The van der Waals surface area contributed by atoms with E-state index in [0.29, 0.717) is 6.42 Å². The molecule has 1 aliphatic heterocycles. The van der Waals surface area contributed by atoms with Gasteiger partial charge in [-0.05, 0) is 24.5 Å². The zero-order chi connectivity index (χ0) is 15.8. The van der Waals surface area contributed by atoms with Crippen LogP contribution in [0, 0.1) is 5.92 Å². The van der Waals surface area contributed by atoms with Crippen LogP contribution in [0.2, 0.25) is 0 Å². The van der Waals surface area contributed by atoms with Crippen molar-refractivity contribution in [1.82, 2.24) is 4.31 Å². The summed E-state index contributed by atoms with van der Waals surface area (Å²) in [6.45, 7) is 1.70. The van der Waals surface area contributed by atoms with Gasteiger partial charge in [0.1, 0.15) is 0 Å². The average Bonchev–Trinajstić information content (AvgIpc) is 2.41. The monoisotopic (exact) mass is 323 g/mol. The molecule has 0 aliphatic carbocycles. The lowest BCUT2D eigenvalue weighted by molar-refractivity contribution is -0.139. The quantitative estimate of drug-likeness (QED) is 0.907. The first-order valence-corrected chi connectivity index (χ1v) is 7.92. The smallest absolute Gasteiger partial charge is 0.391 e. The van der Waals surface area contributed by atoms with E-state index in [2.05, 4.69) is 0 Å². The maximum atomic E-state index is 13.0. The standard InChI is InChI=1S/C13H16F3NO3S/c1-9-6-7-17(8-11(9)18)21(19,20)12-5-3-2-4-10(12)13(14,15)16/h2-5,9,11,18H,6-8H2,1H3. The highest BCUT2D eigenvalue weighted by Crippen LogP contribution is 2.35. The number of hydrogen-bond acceptors (Lipinski definition) is 3. The molecule has 1 N–H and O–H groups in total. The fraction of sp³-hybridized carbons (Fsp3) is 0.538. The van der Waals surface area contributed by atoms with Gasteiger partial charge in [0.15, 0.2) is 0 Å². The lowest BCUT2D eigenvalue weighted by Crippen LogP contribution is -2.46. The summed E-state index contributed by atoms with van der Waals surface area (Å²) in [6.07, 6.45) is -5.20. The van der Waals surface area contributed by atoms with Crippen LogP contribution < -0.4 is 0 Å². The van der Waals surface area contributed by atoms with E-state index in [-0.39, 0.29) is 19.0 Å². The maximum Gasteiger partial charge on any atom is 0.417 e. The van der Waals surface area contributed by atoms with Crippen LogP contribution in [0.5, 0.6) is 0 Å². The van der Waals surface area contributed by atoms with Crippen molar-refractivity contribution in [3.05, 3.63) is 29.8 Å². The summed E-state index contributed by atoms with van der Waals surface area (Å²) >= 11 is 0. The molecule has 2 unspecified atom stereocenters. The van der Waals surface area contributed by atoms with E-state index in [4.69, 9.17) is 0 Å². The number of sulfonamides is 1. The predicted molar refractivity (Wildman–Crippen MR) is 70.0 cm³/mol. The molecule has 118 valence electrons. The van der Waals surface area contributed by atoms with Crippen LogP contribution in [0.1, 0.15) is 18.9 Å². The second-order valence-electron chi connectivity index (χ2n) is 5.19. The molecule has 1 saturated heterocycles. The molecular weight excluding hydrogens is 307 g/mol. The average molecular weight is 323 g/mol. The molecule has 0 radical (unpaired) electrons. The molecular formula is C13H16F3NO3S. The third-order valence-electron chi connectivity index (χ3n) is 3.69. The van der Waals surface area contributed by atoms with Gasteiger partial charge in [-0.15, -0.1) is 0 Å². The van der Waals surface area contributed by atoms with E-state index in [1.54, 1.807) is 6.92 Å². The lowest BCUT2D eigenvalue weighted by atomic mass is 9.98. The van der Waals surface area contributed by atoms with Crippen molar-refractivity contribution in [2.45, 2.75) is 30.5 Å². The van der Waals surface area contributed by atoms with Crippen molar-refractivity contribution in [2.24, 2.45) is 5.92 Å². The summed E-state index contributed by atoms with van der Waals surface area (Å²) in [6, 6.07) is 4.10. The topological polar surface area (TPSA) is 57.6 Å². The molecule has 1 aliphatic rings. The summed E-state index contributed by atoms with van der Waals surface area (Å²) in [4.78, 5) is -0.765. The Labute approximate surface area is 121 Å². The minimum atomic E-state index is -4.74. The number of nitrogens with zero attached hydrogens (tertiary/aromatic N) is 1. The molecule has 0 aromatic heterocycles. The molecule has 21 heavy (non-hydrogen) atoms. The summed E-state index contributed by atoms with van der Waals surface area (Å²) in [7, 11) is -4.28. The van der Waals surface area contributed by atoms with Crippen LogP contribution in [-0.4, -0.2) is 37.0 Å². The van der Waals surface area contributed by atoms with Gasteiger partial charge >= 0.3 is 6.18 Å². The molecule has 0 spiro atoms. The molecule has 4 nitrogen and oxygen atoms in total. The first-order valence-electron chi connectivity index (χ1n) is 6.48. The molecule has 2 rings (SSSR count). The highest BCUT2D eigenvalue weighted by molar-refractivity contribution is 7.89. The zero-order valence-corrected chi connectivity index (χ0v) is 12.2. The van der Waals surface area contributed by atoms with Crippen LogP contribution in [-0.2, 0) is 16.2 Å². The third-order valence-corrected chi connectivity index (χ3v) is 5.61. The summed E-state index contributed by atoms with van der Waals surface area (Å²) in [5, 5.41) is 9.76. The lowest BCUT2D eigenvalue weighted by Gasteiger charge is -2.33. The van der Waals surface area contributed by atoms with Crippen molar-refractivity contribution >= 4 is 10.0 Å². The number of β-amino-alcohol motifs (C(OH)–C–C–N with tert-alkyl or cyclic N) is 1. The zero-order valence-electron chi connectivity index (χ0n) is 11.3. The van der Waals surface area contributed by atoms with Crippen LogP contribution in [0.4, 0.5) is 13.2 Å². The van der Waals surface area contributed by atoms with Gasteiger partial charge in [-0.3, -0.25) is 0 Å². The normalized spacial score (nSPS) is 25.0. The predicted octanol–water partition coefficient (Wildman–Crippen LogP) is 2.10. The minimum absolute atomic E-state index is 0.0747. The Kier molecular flexibility index (Phi) is 4.32. The van der Waals surface area contributed by atoms with E-state index >= 15 is 0 Å². The Morgan fingerprint density at radius 2 is 1.90 bits per heavy atom. The minimum Gasteiger partial charge on any atom is -0.391 e. The highest BCUT2D eigenvalue weighted by atomic mass is 32.2. The van der Waals surface area contributed by atoms with Crippen molar-refractivity contribution < 1.29 is 26.7 Å². The van der Waals surface area contributed by atoms with Gasteiger partial charge in [-0.25, -0.2) is 8.42 Å². The summed E-state index contributed by atoms with van der Waals surface area (Å²) < 4.78 is 64.6. The fourth-order valence-electron chi connectivity index (χ4n) is 2.30. The summed E-state index contributed by atoms with van der Waals surface area (Å²) in [5.41, 5.74) is -1.18. The van der Waals surface area contributed by atoms with Crippen LogP contribution >= 0.6 is 0 Å². The van der Waals surface area contributed by atoms with Crippen LogP contribution in [0.25, 0.3) is 0 Å². The first-order chi connectivity index (χ1) is 9.64. The molecule has 8 heteroatoms. The molecule has 0 amide bonds. The molecule has 0 saturated carbocycles. The SMILES string of the molecule is CC1CCN(S(=O)(=O)c2ccccc2C(F)(F)F)CC1O. The third kappa shape index (κ3) is 3.22. The number of aliphatic hydroxyl groups excluding tert-OH is 1. The van der Waals surface area contributed by atoms with Crippen molar-refractivity contribution in [1.29, 1.82) is 0 Å². The summed E-state index contributed by atoms with van der Waals surface area (Å²) in [5.74, 6) is -0.0747. The van der Waals surface area contributed by atoms with E-state index in [0.717, 1.165) is 22.5 Å². The Bertz CT molecular complexity index is 615. The van der Waals surface area contributed by atoms with Crippen molar-refractivity contribution in [3.8, 4) is 0 Å². The van der Waals surface area contributed by atoms with Crippen LogP contribution in [0.15, 0.2) is 29.2 Å². The Balaban J connectivity index is 2.42. The van der Waals surface area contributed by atoms with E-state index in [9.17, 15) is 26.7 Å². The number of benzene rings is 1. The molecule has 1 aromatic carbocycles. The number of rotatable bonds is 2. The second-order valence-corrected chi connectivity index (χ2v) is 7.10. The number of aliphatic hydroxyl groups is 1. The number of alkyl halides is 3. The van der Waals surface area contributed by atoms with Gasteiger partial charge in [-0.1, -0.05) is 19.1 Å². The second kappa shape index (κ2) is 5.58. The van der Waals surface area contributed by atoms with Gasteiger partial charge in [0.25, 0.3) is 0 Å². The maximum absolute atomic E-state index is 13.0. The number of piperidine rings is 1. The number of hydrogen-bond donors (Lipinski definition) is 1. The Morgan fingerprint density at radius 1 is 1.29 bits per heavy atom. The van der Waals surface area contributed by atoms with Crippen molar-refractivity contribution in [2.75, 3.05) is 13.1 Å². The van der Waals surface area contributed by atoms with Gasteiger partial charge in [0.05, 0.1) is 16.6 Å². The first kappa shape index (κ1) is 16.3. The Morgan fingerprint density at radius 3 is 2.48 bits per heavy atom. The molecule has 1 aromatic rings. The molecule has 1 heterocycles. The number of halogens is 3. The van der Waals surface area contributed by atoms with E-state index < -0.39 is 32.8 Å². The van der Waals surface area contributed by atoms with Gasteiger partial charge in [0.2, 0.25) is 10.0 Å². The highest BCUT2D eigenvalue weighted by Gasteiger charge is 2.40. The Hall–Kier alpha value is -1.12. The van der Waals surface area contributed by atoms with Gasteiger partial charge in [-0.2, -0.15) is 17.5 Å². The van der Waals surface area contributed by atoms with Gasteiger partial charge in [0, 0.05) is 13.1 Å². The van der Waals surface area contributed by atoms with Crippen molar-refractivity contribution in [3.63, 3.8) is 0 Å². The van der Waals surface area contributed by atoms with Crippen LogP contribution in [0.3, 0.4) is 0 Å².